The van der Waals surface area contributed by atoms with Crippen LogP contribution < -0.4 is 10.1 Å². The van der Waals surface area contributed by atoms with Crippen LogP contribution in [0.3, 0.4) is 0 Å². The van der Waals surface area contributed by atoms with Crippen LogP contribution in [-0.2, 0) is 6.54 Å². The largest absolute Gasteiger partial charge is 0.437 e. The minimum absolute atomic E-state index is 0.409. The lowest BCUT2D eigenvalue weighted by Gasteiger charge is -2.12. The second kappa shape index (κ2) is 7.01. The van der Waals surface area contributed by atoms with Crippen molar-refractivity contribution in [1.29, 1.82) is 0 Å². The predicted molar refractivity (Wildman–Crippen MR) is 80.0 cm³/mol. The maximum absolute atomic E-state index is 5.84. The summed E-state index contributed by atoms with van der Waals surface area (Å²) in [6.07, 6.45) is 3.42. The fourth-order valence-corrected chi connectivity index (χ4v) is 1.90. The van der Waals surface area contributed by atoms with E-state index in [9.17, 15) is 0 Å². The van der Waals surface area contributed by atoms with E-state index in [0.717, 1.165) is 24.5 Å². The number of hydrogen-bond acceptors (Lipinski definition) is 4. The van der Waals surface area contributed by atoms with Gasteiger partial charge in [-0.25, -0.2) is 4.98 Å². The Morgan fingerprint density at radius 3 is 2.60 bits per heavy atom. The average Bonchev–Trinajstić information content (AvgIpc) is 2.47. The molecule has 0 fully saturated rings. The van der Waals surface area contributed by atoms with Crippen molar-refractivity contribution in [1.82, 2.24) is 15.3 Å². The quantitative estimate of drug-likeness (QED) is 0.873. The Balaban J connectivity index is 2.10. The van der Waals surface area contributed by atoms with Crippen LogP contribution in [0.25, 0.3) is 0 Å². The molecule has 2 aromatic rings. The van der Waals surface area contributed by atoms with Gasteiger partial charge in [-0.1, -0.05) is 39.0 Å². The zero-order chi connectivity index (χ0) is 14.4. The molecule has 0 aliphatic heterocycles. The summed E-state index contributed by atoms with van der Waals surface area (Å²) in [7, 11) is 0. The Morgan fingerprint density at radius 1 is 1.15 bits per heavy atom. The van der Waals surface area contributed by atoms with Crippen LogP contribution in [0.15, 0.2) is 36.7 Å². The number of nitrogens with zero attached hydrogens (tertiary/aromatic N) is 2. The van der Waals surface area contributed by atoms with Gasteiger partial charge in [0.1, 0.15) is 5.75 Å². The molecule has 20 heavy (non-hydrogen) atoms. The lowest BCUT2D eigenvalue weighted by Crippen LogP contribution is -2.13. The molecular weight excluding hydrogens is 250 g/mol. The molecule has 4 nitrogen and oxygen atoms in total. The monoisotopic (exact) mass is 271 g/mol. The summed E-state index contributed by atoms with van der Waals surface area (Å²) in [4.78, 5) is 8.64. The number of benzene rings is 1. The topological polar surface area (TPSA) is 47.0 Å². The molecule has 0 saturated carbocycles. The maximum Gasteiger partial charge on any atom is 0.237 e. The summed E-state index contributed by atoms with van der Waals surface area (Å²) in [5.41, 5.74) is 2.09. The van der Waals surface area contributed by atoms with Crippen molar-refractivity contribution in [3.05, 3.63) is 47.9 Å². The van der Waals surface area contributed by atoms with Crippen LogP contribution in [0.1, 0.15) is 37.9 Å². The van der Waals surface area contributed by atoms with Crippen LogP contribution in [0.5, 0.6) is 11.6 Å². The highest BCUT2D eigenvalue weighted by atomic mass is 16.5. The van der Waals surface area contributed by atoms with Gasteiger partial charge in [0, 0.05) is 6.54 Å². The van der Waals surface area contributed by atoms with Gasteiger partial charge < -0.3 is 10.1 Å². The minimum Gasteiger partial charge on any atom is -0.437 e. The first-order valence-electron chi connectivity index (χ1n) is 6.99. The van der Waals surface area contributed by atoms with Gasteiger partial charge in [0.2, 0.25) is 5.88 Å². The minimum atomic E-state index is 0.409. The Kier molecular flexibility index (Phi) is 5.07. The Bertz CT molecular complexity index is 538. The van der Waals surface area contributed by atoms with Gasteiger partial charge in [0.25, 0.3) is 0 Å². The van der Waals surface area contributed by atoms with Crippen LogP contribution in [0.2, 0.25) is 0 Å². The van der Waals surface area contributed by atoms with Gasteiger partial charge in [-0.2, -0.15) is 0 Å². The summed E-state index contributed by atoms with van der Waals surface area (Å²) in [6.45, 7) is 8.00. The van der Waals surface area contributed by atoms with Gasteiger partial charge >= 0.3 is 0 Å². The molecule has 106 valence electrons. The molecule has 0 saturated heterocycles. The second-order valence-electron chi connectivity index (χ2n) is 4.92. The van der Waals surface area contributed by atoms with E-state index in [-0.39, 0.29) is 0 Å². The van der Waals surface area contributed by atoms with E-state index < -0.39 is 0 Å². The maximum atomic E-state index is 5.84. The SMILES string of the molecule is CCNCc1cnc(Oc2ccccc2C(C)C)cn1. The van der Waals surface area contributed by atoms with E-state index in [4.69, 9.17) is 4.74 Å². The van der Waals surface area contributed by atoms with Crippen LogP contribution in [0.4, 0.5) is 0 Å². The van der Waals surface area contributed by atoms with Gasteiger partial charge in [-0.15, -0.1) is 0 Å². The fraction of sp³-hybridized carbons (Fsp3) is 0.375. The van der Waals surface area contributed by atoms with E-state index in [1.807, 2.05) is 18.2 Å². The van der Waals surface area contributed by atoms with Crippen molar-refractivity contribution < 1.29 is 4.74 Å². The van der Waals surface area contributed by atoms with E-state index in [0.29, 0.717) is 11.8 Å². The van der Waals surface area contributed by atoms with E-state index in [1.165, 1.54) is 5.56 Å². The Morgan fingerprint density at radius 2 is 1.95 bits per heavy atom. The van der Waals surface area contributed by atoms with Crippen molar-refractivity contribution >= 4 is 0 Å². The molecule has 0 amide bonds. The van der Waals surface area contributed by atoms with Gasteiger partial charge in [0.05, 0.1) is 18.1 Å². The molecule has 0 bridgehead atoms. The van der Waals surface area contributed by atoms with Crippen molar-refractivity contribution in [2.24, 2.45) is 0 Å². The summed E-state index contributed by atoms with van der Waals surface area (Å²) in [5, 5.41) is 3.21. The Labute approximate surface area is 120 Å². The van der Waals surface area contributed by atoms with E-state index >= 15 is 0 Å². The Hall–Kier alpha value is -1.94. The summed E-state index contributed by atoms with van der Waals surface area (Å²) in [6, 6.07) is 8.03. The third kappa shape index (κ3) is 3.78. The van der Waals surface area contributed by atoms with Gasteiger partial charge in [-0.05, 0) is 24.1 Å². The highest BCUT2D eigenvalue weighted by molar-refractivity contribution is 5.37. The summed E-state index contributed by atoms with van der Waals surface area (Å²) in [5.74, 6) is 1.78. The zero-order valence-corrected chi connectivity index (χ0v) is 12.3. The number of nitrogens with one attached hydrogen (secondary N) is 1. The van der Waals surface area contributed by atoms with Crippen LogP contribution in [0, 0.1) is 0 Å². The van der Waals surface area contributed by atoms with Crippen molar-refractivity contribution in [2.75, 3.05) is 6.54 Å². The first kappa shape index (κ1) is 14.5. The van der Waals surface area contributed by atoms with Crippen molar-refractivity contribution in [2.45, 2.75) is 33.2 Å². The normalized spacial score (nSPS) is 10.8. The molecule has 1 N–H and O–H groups in total. The highest BCUT2D eigenvalue weighted by Gasteiger charge is 2.08. The molecular formula is C16H21N3O. The van der Waals surface area contributed by atoms with Gasteiger partial charge in [-0.3, -0.25) is 4.98 Å². The number of para-hydroxylation sites is 1. The molecule has 1 aromatic heterocycles. The summed E-state index contributed by atoms with van der Waals surface area (Å²) < 4.78 is 5.84. The van der Waals surface area contributed by atoms with Crippen molar-refractivity contribution in [3.63, 3.8) is 0 Å². The smallest absolute Gasteiger partial charge is 0.237 e. The lowest BCUT2D eigenvalue weighted by molar-refractivity contribution is 0.450. The first-order chi connectivity index (χ1) is 9.70. The van der Waals surface area contributed by atoms with E-state index in [1.54, 1.807) is 12.4 Å². The second-order valence-corrected chi connectivity index (χ2v) is 4.92. The third-order valence-electron chi connectivity index (χ3n) is 2.99. The van der Waals surface area contributed by atoms with E-state index in [2.05, 4.69) is 42.1 Å². The zero-order valence-electron chi connectivity index (χ0n) is 12.3. The molecule has 0 radical (unpaired) electrons. The highest BCUT2D eigenvalue weighted by Crippen LogP contribution is 2.28. The fourth-order valence-electron chi connectivity index (χ4n) is 1.90. The number of hydrogen-bond donors (Lipinski definition) is 1. The van der Waals surface area contributed by atoms with Crippen molar-refractivity contribution in [3.8, 4) is 11.6 Å². The molecule has 0 spiro atoms. The molecule has 1 aromatic carbocycles. The first-order valence-corrected chi connectivity index (χ1v) is 6.99. The number of aromatic nitrogens is 2. The molecule has 0 atom stereocenters. The molecule has 1 heterocycles. The summed E-state index contributed by atoms with van der Waals surface area (Å²) >= 11 is 0. The number of rotatable bonds is 6. The third-order valence-corrected chi connectivity index (χ3v) is 2.99. The molecule has 0 unspecified atom stereocenters. The molecule has 0 aliphatic carbocycles. The molecule has 0 aliphatic rings. The molecule has 4 heteroatoms. The number of ether oxygens (including phenoxy) is 1. The molecule has 2 rings (SSSR count). The van der Waals surface area contributed by atoms with Crippen LogP contribution in [-0.4, -0.2) is 16.5 Å². The average molecular weight is 271 g/mol. The van der Waals surface area contributed by atoms with Crippen LogP contribution >= 0.6 is 0 Å². The standard InChI is InChI=1S/C16H21N3O/c1-4-17-9-13-10-19-16(11-18-13)20-15-8-6-5-7-14(15)12(2)3/h5-8,10-12,17H,4,9H2,1-3H3. The lowest BCUT2D eigenvalue weighted by atomic mass is 10.0. The van der Waals surface area contributed by atoms with Gasteiger partial charge in [0.15, 0.2) is 0 Å². The predicted octanol–water partition coefficient (Wildman–Crippen LogP) is 3.50.